The van der Waals surface area contributed by atoms with E-state index in [2.05, 4.69) is 25.2 Å². The minimum Gasteiger partial charge on any atom is -0.464 e. The quantitative estimate of drug-likeness (QED) is 0.0870. The van der Waals surface area contributed by atoms with Crippen molar-refractivity contribution in [1.29, 1.82) is 0 Å². The number of furan rings is 1. The van der Waals surface area contributed by atoms with Crippen LogP contribution >= 0.6 is 11.8 Å². The van der Waals surface area contributed by atoms with Crippen LogP contribution in [0.1, 0.15) is 69.4 Å². The highest BCUT2D eigenvalue weighted by Crippen LogP contribution is 2.36. The van der Waals surface area contributed by atoms with Crippen molar-refractivity contribution in [3.63, 3.8) is 0 Å². The number of non-ortho nitro benzene ring substituents is 1. The first-order chi connectivity index (χ1) is 20.8. The molecule has 224 valence electrons. The van der Waals surface area contributed by atoms with E-state index < -0.39 is 4.92 Å². The molecule has 1 aliphatic carbocycles. The molecule has 0 aliphatic heterocycles. The maximum absolute atomic E-state index is 14.1. The van der Waals surface area contributed by atoms with Crippen molar-refractivity contribution in [2.75, 3.05) is 5.75 Å². The van der Waals surface area contributed by atoms with Crippen LogP contribution in [0.3, 0.4) is 0 Å². The number of rotatable bonds is 10. The summed E-state index contributed by atoms with van der Waals surface area (Å²) in [6.07, 6.45) is 7.88. The number of thioether (sulfide) groups is 1. The zero-order chi connectivity index (χ0) is 30.5. The van der Waals surface area contributed by atoms with Crippen LogP contribution in [-0.2, 0) is 4.79 Å². The maximum atomic E-state index is 14.1. The lowest BCUT2D eigenvalue weighted by Crippen LogP contribution is -2.37. The Morgan fingerprint density at radius 2 is 1.91 bits per heavy atom. The van der Waals surface area contributed by atoms with Crippen molar-refractivity contribution in [2.24, 2.45) is 0 Å². The van der Waals surface area contributed by atoms with Gasteiger partial charge in [-0.15, -0.1) is 0 Å². The topological polar surface area (TPSA) is 120 Å². The van der Waals surface area contributed by atoms with Crippen LogP contribution in [0.2, 0.25) is 0 Å². The molecule has 0 radical (unpaired) electrons. The molecule has 43 heavy (non-hydrogen) atoms. The molecule has 0 spiro atoms. The molecule has 0 bridgehead atoms. The molecule has 1 atom stereocenters. The van der Waals surface area contributed by atoms with Crippen molar-refractivity contribution in [3.05, 3.63) is 92.5 Å². The van der Waals surface area contributed by atoms with Crippen molar-refractivity contribution in [1.82, 2.24) is 14.9 Å². The third-order valence-electron chi connectivity index (χ3n) is 8.16. The molecule has 2 aromatic carbocycles. The summed E-state index contributed by atoms with van der Waals surface area (Å²) in [6, 6.07) is 15.8. The van der Waals surface area contributed by atoms with Gasteiger partial charge in [-0.05, 0) is 68.0 Å². The Hall–Kier alpha value is -4.18. The van der Waals surface area contributed by atoms with Crippen LogP contribution in [0, 0.1) is 17.0 Å². The molecular weight excluding hydrogens is 564 g/mol. The van der Waals surface area contributed by atoms with Gasteiger partial charge in [-0.1, -0.05) is 57.0 Å². The Balaban J connectivity index is 1.61. The zero-order valence-corrected chi connectivity index (χ0v) is 25.5. The molecular formula is C33H36N4O5S. The molecule has 1 fully saturated rings. The molecule has 2 heterocycles. The van der Waals surface area contributed by atoms with Crippen molar-refractivity contribution in [2.45, 2.75) is 76.4 Å². The van der Waals surface area contributed by atoms with Gasteiger partial charge in [-0.2, -0.15) is 0 Å². The lowest BCUT2D eigenvalue weighted by molar-refractivity contribution is -0.384. The molecule has 1 saturated carbocycles. The Morgan fingerprint density at radius 1 is 1.16 bits per heavy atom. The molecule has 9 nitrogen and oxygen atoms in total. The summed E-state index contributed by atoms with van der Waals surface area (Å²) in [5.74, 6) is 0.895. The van der Waals surface area contributed by atoms with Gasteiger partial charge in [0.15, 0.2) is 5.16 Å². The summed E-state index contributed by atoms with van der Waals surface area (Å²) in [6.45, 7) is 6.01. The SMILES string of the molecule is CCC(C)c1ccc(-c2ccco2)cc1-c1nc(SCC(=O)NC2CCCCC2)n(-c2ccc([N+](=O)[O-])cc2)c(=O)c1C. The fourth-order valence-corrected chi connectivity index (χ4v) is 6.37. The maximum Gasteiger partial charge on any atom is 0.269 e. The van der Waals surface area contributed by atoms with E-state index in [1.807, 2.05) is 24.3 Å². The lowest BCUT2D eigenvalue weighted by Gasteiger charge is -2.23. The molecule has 5 rings (SSSR count). The van der Waals surface area contributed by atoms with E-state index in [9.17, 15) is 19.7 Å². The number of benzene rings is 2. The predicted octanol–water partition coefficient (Wildman–Crippen LogP) is 7.43. The minimum absolute atomic E-state index is 0.0768. The van der Waals surface area contributed by atoms with Crippen molar-refractivity contribution in [3.8, 4) is 28.3 Å². The monoisotopic (exact) mass is 600 g/mol. The van der Waals surface area contributed by atoms with E-state index in [0.717, 1.165) is 48.8 Å². The third kappa shape index (κ3) is 6.74. The highest BCUT2D eigenvalue weighted by Gasteiger charge is 2.23. The normalized spacial score (nSPS) is 14.4. The largest absolute Gasteiger partial charge is 0.464 e. The van der Waals surface area contributed by atoms with Gasteiger partial charge in [0, 0.05) is 34.9 Å². The molecule has 10 heteroatoms. The molecule has 2 aromatic heterocycles. The first-order valence-corrected chi connectivity index (χ1v) is 15.7. The highest BCUT2D eigenvalue weighted by molar-refractivity contribution is 7.99. The van der Waals surface area contributed by atoms with Crippen molar-refractivity contribution >= 4 is 23.4 Å². The van der Waals surface area contributed by atoms with Crippen LogP contribution in [-0.4, -0.2) is 32.2 Å². The summed E-state index contributed by atoms with van der Waals surface area (Å²) in [5, 5.41) is 14.8. The number of hydrogen-bond donors (Lipinski definition) is 1. The fraction of sp³-hybridized carbons (Fsp3) is 0.364. The second kappa shape index (κ2) is 13.4. The molecule has 1 unspecified atom stereocenters. The summed E-state index contributed by atoms with van der Waals surface area (Å²) in [7, 11) is 0. The number of nitro benzene ring substituents is 1. The smallest absolute Gasteiger partial charge is 0.269 e. The molecule has 0 saturated heterocycles. The average molecular weight is 601 g/mol. The molecule has 1 amide bonds. The molecule has 1 aliphatic rings. The Bertz CT molecular complexity index is 1660. The van der Waals surface area contributed by atoms with Crippen LogP contribution in [0.25, 0.3) is 28.3 Å². The first kappa shape index (κ1) is 30.3. The van der Waals surface area contributed by atoms with Gasteiger partial charge in [0.05, 0.1) is 28.3 Å². The number of amides is 1. The van der Waals surface area contributed by atoms with Crippen LogP contribution in [0.15, 0.2) is 75.2 Å². The Kier molecular flexibility index (Phi) is 9.45. The average Bonchev–Trinajstić information content (AvgIpc) is 3.57. The minimum atomic E-state index is -0.479. The standard InChI is InChI=1S/C33H36N4O5S/c1-4-21(2)27-17-12-23(29-11-8-18-42-29)19-28(27)31-22(3)32(39)36(25-13-15-26(16-14-25)37(40)41)33(35-31)43-20-30(38)34-24-9-6-5-7-10-24/h8,11-19,21,24H,4-7,9-10,20H2,1-3H3,(H,34,38). The van der Waals surface area contributed by atoms with Gasteiger partial charge in [0.2, 0.25) is 5.91 Å². The predicted molar refractivity (Wildman–Crippen MR) is 169 cm³/mol. The number of nitro groups is 1. The van der Waals surface area contributed by atoms with Gasteiger partial charge in [0.1, 0.15) is 5.76 Å². The van der Waals surface area contributed by atoms with Gasteiger partial charge in [0.25, 0.3) is 11.2 Å². The van der Waals surface area contributed by atoms with E-state index in [-0.39, 0.29) is 34.9 Å². The van der Waals surface area contributed by atoms with Crippen molar-refractivity contribution < 1.29 is 14.1 Å². The van der Waals surface area contributed by atoms with Crippen LogP contribution in [0.4, 0.5) is 5.69 Å². The summed E-state index contributed by atoms with van der Waals surface area (Å²) in [4.78, 5) is 42.9. The van der Waals surface area contributed by atoms with Gasteiger partial charge in [-0.3, -0.25) is 24.3 Å². The highest BCUT2D eigenvalue weighted by atomic mass is 32.2. The number of aromatic nitrogens is 2. The van der Waals surface area contributed by atoms with E-state index in [1.54, 1.807) is 13.2 Å². The lowest BCUT2D eigenvalue weighted by atomic mass is 9.89. The van der Waals surface area contributed by atoms with E-state index in [0.29, 0.717) is 27.9 Å². The molecule has 4 aromatic rings. The third-order valence-corrected chi connectivity index (χ3v) is 9.10. The number of carbonyl (C=O) groups excluding carboxylic acids is 1. The molecule has 1 N–H and O–H groups in total. The number of nitrogens with zero attached hydrogens (tertiary/aromatic N) is 3. The second-order valence-electron chi connectivity index (χ2n) is 11.1. The van der Waals surface area contributed by atoms with Crippen LogP contribution in [0.5, 0.6) is 0 Å². The first-order valence-electron chi connectivity index (χ1n) is 14.8. The van der Waals surface area contributed by atoms with E-state index in [1.165, 1.54) is 47.0 Å². The van der Waals surface area contributed by atoms with E-state index in [4.69, 9.17) is 9.40 Å². The van der Waals surface area contributed by atoms with Gasteiger partial charge >= 0.3 is 0 Å². The second-order valence-corrected chi connectivity index (χ2v) is 12.0. The zero-order valence-electron chi connectivity index (χ0n) is 24.7. The summed E-state index contributed by atoms with van der Waals surface area (Å²) < 4.78 is 7.11. The Labute approximate surface area is 254 Å². The summed E-state index contributed by atoms with van der Waals surface area (Å²) >= 11 is 1.19. The summed E-state index contributed by atoms with van der Waals surface area (Å²) in [5.41, 5.74) is 3.82. The Morgan fingerprint density at radius 3 is 2.56 bits per heavy atom. The number of nitrogens with one attached hydrogen (secondary N) is 1. The van der Waals surface area contributed by atoms with Gasteiger partial charge in [-0.25, -0.2) is 4.98 Å². The van der Waals surface area contributed by atoms with Crippen LogP contribution < -0.4 is 10.9 Å². The fourth-order valence-electron chi connectivity index (χ4n) is 5.55. The van der Waals surface area contributed by atoms with E-state index >= 15 is 0 Å². The van der Waals surface area contributed by atoms with Gasteiger partial charge < -0.3 is 9.73 Å². The number of carbonyl (C=O) groups is 1. The number of hydrogen-bond acceptors (Lipinski definition) is 7.